The fraction of sp³-hybridized carbons (Fsp3) is 0.154. The highest BCUT2D eigenvalue weighted by Gasteiger charge is 1.98. The first-order chi connectivity index (χ1) is 6.95. The fourth-order valence-electron chi connectivity index (χ4n) is 1.34. The van der Waals surface area contributed by atoms with Crippen LogP contribution in [-0.2, 0) is 5.75 Å². The van der Waals surface area contributed by atoms with Crippen LogP contribution < -0.4 is 0 Å². The molecule has 0 aromatic heterocycles. The summed E-state index contributed by atoms with van der Waals surface area (Å²) >= 11 is 1.90. The largest absolute Gasteiger partial charge is 0.122 e. The lowest BCUT2D eigenvalue weighted by Gasteiger charge is -2.05. The maximum absolute atomic E-state index is 2.27. The topological polar surface area (TPSA) is 0 Å². The second-order valence-corrected chi connectivity index (χ2v) is 4.26. The SMILES string of the molecule is [CH]1C=CC(SCc2ccccc2)=CC1. The van der Waals surface area contributed by atoms with Gasteiger partial charge in [0.15, 0.2) is 0 Å². The minimum Gasteiger partial charge on any atom is -0.122 e. The predicted molar refractivity (Wildman–Crippen MR) is 63.9 cm³/mol. The molecule has 0 fully saturated rings. The molecule has 0 bridgehead atoms. The molecule has 0 saturated carbocycles. The molecule has 0 amide bonds. The smallest absolute Gasteiger partial charge is 0.0231 e. The maximum atomic E-state index is 2.27. The monoisotopic (exact) mass is 201 g/mol. The van der Waals surface area contributed by atoms with E-state index in [0.29, 0.717) is 0 Å². The molecule has 1 aromatic rings. The van der Waals surface area contributed by atoms with Crippen molar-refractivity contribution in [3.8, 4) is 0 Å². The molecule has 1 aromatic carbocycles. The summed E-state index contributed by atoms with van der Waals surface area (Å²) in [6.07, 6.45) is 9.83. The molecule has 0 spiro atoms. The van der Waals surface area contributed by atoms with Crippen LogP contribution in [0.4, 0.5) is 0 Å². The van der Waals surface area contributed by atoms with E-state index >= 15 is 0 Å². The van der Waals surface area contributed by atoms with Gasteiger partial charge in [0.05, 0.1) is 0 Å². The molecule has 0 unspecified atom stereocenters. The summed E-state index contributed by atoms with van der Waals surface area (Å²) in [6.45, 7) is 0. The first kappa shape index (κ1) is 9.60. The van der Waals surface area contributed by atoms with Gasteiger partial charge in [-0.2, -0.15) is 0 Å². The Morgan fingerprint density at radius 1 is 1.14 bits per heavy atom. The molecule has 71 valence electrons. The fourth-order valence-corrected chi connectivity index (χ4v) is 2.26. The zero-order valence-corrected chi connectivity index (χ0v) is 8.84. The summed E-state index contributed by atoms with van der Waals surface area (Å²) in [5, 5.41) is 0. The van der Waals surface area contributed by atoms with E-state index < -0.39 is 0 Å². The Kier molecular flexibility index (Phi) is 3.47. The lowest BCUT2D eigenvalue weighted by Crippen LogP contribution is -1.83. The molecule has 0 N–H and O–H groups in total. The van der Waals surface area contributed by atoms with Crippen LogP contribution in [0.25, 0.3) is 0 Å². The summed E-state index contributed by atoms with van der Waals surface area (Å²) < 4.78 is 0. The third-order valence-corrected chi connectivity index (χ3v) is 3.21. The summed E-state index contributed by atoms with van der Waals surface area (Å²) in [7, 11) is 0. The van der Waals surface area contributed by atoms with E-state index in [1.54, 1.807) is 0 Å². The van der Waals surface area contributed by atoms with Crippen molar-refractivity contribution in [2.24, 2.45) is 0 Å². The van der Waals surface area contributed by atoms with Gasteiger partial charge in [-0.25, -0.2) is 0 Å². The zero-order chi connectivity index (χ0) is 9.64. The Labute approximate surface area is 89.7 Å². The van der Waals surface area contributed by atoms with Crippen molar-refractivity contribution in [1.29, 1.82) is 0 Å². The first-order valence-electron chi connectivity index (χ1n) is 4.82. The number of hydrogen-bond donors (Lipinski definition) is 0. The molecule has 0 saturated heterocycles. The molecule has 1 aliphatic carbocycles. The molecular weight excluding hydrogens is 188 g/mol. The van der Waals surface area contributed by atoms with Crippen molar-refractivity contribution in [3.05, 3.63) is 65.4 Å². The van der Waals surface area contributed by atoms with Crippen molar-refractivity contribution < 1.29 is 0 Å². The van der Waals surface area contributed by atoms with Crippen molar-refractivity contribution in [2.75, 3.05) is 0 Å². The molecule has 14 heavy (non-hydrogen) atoms. The van der Waals surface area contributed by atoms with Crippen LogP contribution in [0.2, 0.25) is 0 Å². The average molecular weight is 201 g/mol. The second-order valence-electron chi connectivity index (χ2n) is 3.21. The van der Waals surface area contributed by atoms with Crippen molar-refractivity contribution in [1.82, 2.24) is 0 Å². The highest BCUT2D eigenvalue weighted by Crippen LogP contribution is 2.25. The lowest BCUT2D eigenvalue weighted by molar-refractivity contribution is 1.26. The standard InChI is InChI=1S/C13H13S/c1-3-7-12(8-4-1)11-14-13-9-5-2-6-10-13/h1-5,7-10H,6,11H2. The molecule has 0 atom stereocenters. The highest BCUT2D eigenvalue weighted by molar-refractivity contribution is 8.02. The van der Waals surface area contributed by atoms with E-state index in [-0.39, 0.29) is 0 Å². The minimum atomic E-state index is 1.07. The highest BCUT2D eigenvalue weighted by atomic mass is 32.2. The lowest BCUT2D eigenvalue weighted by atomic mass is 10.2. The van der Waals surface area contributed by atoms with Crippen molar-refractivity contribution >= 4 is 11.8 Å². The Hall–Kier alpha value is -0.950. The molecule has 1 radical (unpaired) electrons. The molecular formula is C13H13S. The molecule has 0 heterocycles. The summed E-state index contributed by atoms with van der Waals surface area (Å²) in [5.74, 6) is 1.07. The van der Waals surface area contributed by atoms with Crippen LogP contribution >= 0.6 is 11.8 Å². The Morgan fingerprint density at radius 3 is 2.71 bits per heavy atom. The van der Waals surface area contributed by atoms with Gasteiger partial charge < -0.3 is 0 Å². The van der Waals surface area contributed by atoms with E-state index in [0.717, 1.165) is 12.2 Å². The third kappa shape index (κ3) is 2.78. The van der Waals surface area contributed by atoms with Crippen molar-refractivity contribution in [3.63, 3.8) is 0 Å². The molecule has 0 nitrogen and oxygen atoms in total. The van der Waals surface area contributed by atoms with E-state index in [1.165, 1.54) is 10.5 Å². The number of rotatable bonds is 3. The second kappa shape index (κ2) is 5.06. The van der Waals surface area contributed by atoms with E-state index in [9.17, 15) is 0 Å². The van der Waals surface area contributed by atoms with Gasteiger partial charge in [0.1, 0.15) is 0 Å². The number of allylic oxidation sites excluding steroid dienone is 3. The predicted octanol–water partition coefficient (Wildman–Crippen LogP) is 3.97. The molecule has 0 aliphatic heterocycles. The Morgan fingerprint density at radius 2 is 2.00 bits per heavy atom. The van der Waals surface area contributed by atoms with Crippen LogP contribution in [0.5, 0.6) is 0 Å². The summed E-state index contributed by atoms with van der Waals surface area (Å²) in [5.41, 5.74) is 1.39. The maximum Gasteiger partial charge on any atom is 0.0231 e. The van der Waals surface area contributed by atoms with Crippen LogP contribution in [0.1, 0.15) is 12.0 Å². The van der Waals surface area contributed by atoms with Gasteiger partial charge >= 0.3 is 0 Å². The van der Waals surface area contributed by atoms with Crippen LogP contribution in [-0.4, -0.2) is 0 Å². The van der Waals surface area contributed by atoms with Gasteiger partial charge in [-0.3, -0.25) is 0 Å². The summed E-state index contributed by atoms with van der Waals surface area (Å²) in [4.78, 5) is 1.39. The van der Waals surface area contributed by atoms with E-state index in [4.69, 9.17) is 0 Å². The van der Waals surface area contributed by atoms with Gasteiger partial charge in [0.2, 0.25) is 0 Å². The third-order valence-electron chi connectivity index (χ3n) is 2.10. The molecule has 1 heteroatoms. The van der Waals surface area contributed by atoms with Crippen LogP contribution in [0, 0.1) is 6.42 Å². The molecule has 1 aliphatic rings. The molecule has 2 rings (SSSR count). The first-order valence-corrected chi connectivity index (χ1v) is 5.80. The zero-order valence-electron chi connectivity index (χ0n) is 8.02. The van der Waals surface area contributed by atoms with E-state index in [1.807, 2.05) is 11.8 Å². The van der Waals surface area contributed by atoms with Crippen LogP contribution in [0.15, 0.2) is 53.5 Å². The average Bonchev–Trinajstić information content (AvgIpc) is 2.29. The normalized spacial score (nSPS) is 15.3. The number of thioether (sulfide) groups is 1. The number of hydrogen-bond acceptors (Lipinski definition) is 1. The van der Waals surface area contributed by atoms with Gasteiger partial charge in [-0.05, 0) is 18.4 Å². The number of benzene rings is 1. The van der Waals surface area contributed by atoms with Gasteiger partial charge in [-0.15, -0.1) is 11.8 Å². The minimum absolute atomic E-state index is 1.07. The van der Waals surface area contributed by atoms with Gasteiger partial charge in [0.25, 0.3) is 0 Å². The van der Waals surface area contributed by atoms with Gasteiger partial charge in [-0.1, -0.05) is 48.6 Å². The quantitative estimate of drug-likeness (QED) is 0.713. The van der Waals surface area contributed by atoms with Crippen molar-refractivity contribution in [2.45, 2.75) is 12.2 Å². The van der Waals surface area contributed by atoms with Crippen LogP contribution in [0.3, 0.4) is 0 Å². The Bertz CT molecular complexity index is 336. The van der Waals surface area contributed by atoms with E-state index in [2.05, 4.69) is 55.0 Å². The Balaban J connectivity index is 1.88. The van der Waals surface area contributed by atoms with Gasteiger partial charge in [0, 0.05) is 10.7 Å². The summed E-state index contributed by atoms with van der Waals surface area (Å²) in [6, 6.07) is 10.6.